The molecule has 0 aromatic rings. The predicted octanol–water partition coefficient (Wildman–Crippen LogP) is -2.34. The zero-order chi connectivity index (χ0) is 11.7. The molecule has 6 nitrogen and oxygen atoms in total. The first-order valence-electron chi connectivity index (χ1n) is 5.28. The van der Waals surface area contributed by atoms with Crippen LogP contribution in [0.2, 0.25) is 0 Å². The Morgan fingerprint density at radius 1 is 1.44 bits per heavy atom. The number of aliphatic hydroxyl groups is 3. The lowest BCUT2D eigenvalue weighted by Crippen LogP contribution is -2.60. The van der Waals surface area contributed by atoms with Crippen LogP contribution in [0.4, 0.5) is 0 Å². The van der Waals surface area contributed by atoms with Crippen LogP contribution in [0.15, 0.2) is 0 Å². The second kappa shape index (κ2) is 4.80. The SMILES string of the molecule is OCC1OC[C@@H](N2CCNC2=S)C(O)C1O. The van der Waals surface area contributed by atoms with Crippen LogP contribution in [0.5, 0.6) is 0 Å². The maximum Gasteiger partial charge on any atom is 0.169 e. The van der Waals surface area contributed by atoms with Gasteiger partial charge < -0.3 is 30.3 Å². The number of ether oxygens (including phenoxy) is 1. The van der Waals surface area contributed by atoms with E-state index in [1.54, 1.807) is 0 Å². The van der Waals surface area contributed by atoms with Crippen LogP contribution in [-0.4, -0.2) is 76.0 Å². The first-order valence-corrected chi connectivity index (χ1v) is 5.69. The van der Waals surface area contributed by atoms with Crippen LogP contribution in [0.3, 0.4) is 0 Å². The van der Waals surface area contributed by atoms with Gasteiger partial charge >= 0.3 is 0 Å². The summed E-state index contributed by atoms with van der Waals surface area (Å²) < 4.78 is 5.29. The Kier molecular flexibility index (Phi) is 3.60. The van der Waals surface area contributed by atoms with Gasteiger partial charge in [0.25, 0.3) is 0 Å². The number of hydrogen-bond acceptors (Lipinski definition) is 5. The smallest absolute Gasteiger partial charge is 0.169 e. The number of nitrogens with zero attached hydrogens (tertiary/aromatic N) is 1. The minimum absolute atomic E-state index is 0.255. The van der Waals surface area contributed by atoms with Gasteiger partial charge in [0.05, 0.1) is 19.3 Å². The van der Waals surface area contributed by atoms with E-state index < -0.39 is 18.3 Å². The molecule has 2 heterocycles. The molecule has 92 valence electrons. The van der Waals surface area contributed by atoms with Gasteiger partial charge in [-0.15, -0.1) is 0 Å². The topological polar surface area (TPSA) is 85.2 Å². The molecule has 0 spiro atoms. The fourth-order valence-electron chi connectivity index (χ4n) is 2.10. The minimum Gasteiger partial charge on any atom is -0.394 e. The molecule has 4 atom stereocenters. The average molecular weight is 248 g/mol. The normalized spacial score (nSPS) is 39.9. The molecule has 0 saturated carbocycles. The fraction of sp³-hybridized carbons (Fsp3) is 0.889. The second-order valence-corrected chi connectivity index (χ2v) is 4.41. The van der Waals surface area contributed by atoms with Crippen LogP contribution in [0, 0.1) is 0 Å². The first-order chi connectivity index (χ1) is 7.65. The van der Waals surface area contributed by atoms with Crippen molar-refractivity contribution in [2.24, 2.45) is 0 Å². The van der Waals surface area contributed by atoms with E-state index in [0.717, 1.165) is 6.54 Å². The largest absolute Gasteiger partial charge is 0.394 e. The maximum atomic E-state index is 9.95. The number of thiocarbonyl (C=S) groups is 1. The van der Waals surface area contributed by atoms with Crippen molar-refractivity contribution in [1.29, 1.82) is 0 Å². The third-order valence-electron chi connectivity index (χ3n) is 3.08. The van der Waals surface area contributed by atoms with Crippen LogP contribution < -0.4 is 5.32 Å². The van der Waals surface area contributed by atoms with Gasteiger partial charge in [-0.2, -0.15) is 0 Å². The van der Waals surface area contributed by atoms with Crippen molar-refractivity contribution in [2.45, 2.75) is 24.4 Å². The number of aliphatic hydroxyl groups excluding tert-OH is 3. The molecule has 0 aliphatic carbocycles. The predicted molar refractivity (Wildman–Crippen MR) is 59.9 cm³/mol. The molecule has 0 aromatic carbocycles. The Balaban J connectivity index is 2.04. The Morgan fingerprint density at radius 2 is 2.19 bits per heavy atom. The summed E-state index contributed by atoms with van der Waals surface area (Å²) in [6.07, 6.45) is -2.74. The lowest BCUT2D eigenvalue weighted by molar-refractivity contribution is -0.172. The number of hydrogen-bond donors (Lipinski definition) is 4. The summed E-state index contributed by atoms with van der Waals surface area (Å²) in [7, 11) is 0. The zero-order valence-electron chi connectivity index (χ0n) is 8.74. The average Bonchev–Trinajstić information content (AvgIpc) is 2.69. The molecule has 0 bridgehead atoms. The van der Waals surface area contributed by atoms with Crippen molar-refractivity contribution in [3.63, 3.8) is 0 Å². The van der Waals surface area contributed by atoms with Gasteiger partial charge in [0.2, 0.25) is 0 Å². The van der Waals surface area contributed by atoms with Gasteiger partial charge in [0.1, 0.15) is 18.3 Å². The zero-order valence-corrected chi connectivity index (χ0v) is 9.56. The molecule has 0 radical (unpaired) electrons. The summed E-state index contributed by atoms with van der Waals surface area (Å²) in [4.78, 5) is 1.82. The van der Waals surface area contributed by atoms with Gasteiger partial charge in [-0.05, 0) is 12.2 Å². The Hall–Kier alpha value is -0.470. The van der Waals surface area contributed by atoms with Gasteiger partial charge in [0.15, 0.2) is 5.11 Å². The minimum atomic E-state index is -1.08. The molecule has 4 N–H and O–H groups in total. The van der Waals surface area contributed by atoms with Gasteiger partial charge in [0, 0.05) is 13.1 Å². The van der Waals surface area contributed by atoms with E-state index in [1.807, 2.05) is 4.90 Å². The third-order valence-corrected chi connectivity index (χ3v) is 3.46. The van der Waals surface area contributed by atoms with E-state index in [4.69, 9.17) is 22.1 Å². The molecule has 7 heteroatoms. The van der Waals surface area contributed by atoms with E-state index in [-0.39, 0.29) is 19.3 Å². The molecule has 0 aromatic heterocycles. The molecule has 2 saturated heterocycles. The first kappa shape index (κ1) is 12.0. The standard InChI is InChI=1S/C9H16N2O4S/c12-3-6-8(14)7(13)5(4-15-6)11-2-1-10-9(11)16/h5-8,12-14H,1-4H2,(H,10,16)/t5-,6?,7?,8?/m1/s1. The van der Waals surface area contributed by atoms with E-state index in [0.29, 0.717) is 11.7 Å². The van der Waals surface area contributed by atoms with Crippen molar-refractivity contribution < 1.29 is 20.1 Å². The van der Waals surface area contributed by atoms with Crippen LogP contribution in [-0.2, 0) is 4.74 Å². The highest BCUT2D eigenvalue weighted by Gasteiger charge is 2.42. The quantitative estimate of drug-likeness (QED) is 0.407. The molecule has 2 rings (SSSR count). The summed E-state index contributed by atoms with van der Waals surface area (Å²) >= 11 is 5.09. The fourth-order valence-corrected chi connectivity index (χ4v) is 2.43. The number of nitrogens with one attached hydrogen (secondary N) is 1. The molecule has 16 heavy (non-hydrogen) atoms. The van der Waals surface area contributed by atoms with Gasteiger partial charge in [-0.1, -0.05) is 0 Å². The monoisotopic (exact) mass is 248 g/mol. The lowest BCUT2D eigenvalue weighted by Gasteiger charge is -2.41. The molecule has 2 aliphatic heterocycles. The Bertz CT molecular complexity index is 278. The van der Waals surface area contributed by atoms with E-state index in [9.17, 15) is 10.2 Å². The van der Waals surface area contributed by atoms with E-state index >= 15 is 0 Å². The van der Waals surface area contributed by atoms with E-state index in [2.05, 4.69) is 5.32 Å². The van der Waals surface area contributed by atoms with Crippen molar-refractivity contribution in [3.05, 3.63) is 0 Å². The molecule has 2 aliphatic rings. The van der Waals surface area contributed by atoms with Crippen LogP contribution >= 0.6 is 12.2 Å². The Morgan fingerprint density at radius 3 is 2.75 bits per heavy atom. The van der Waals surface area contributed by atoms with Crippen molar-refractivity contribution >= 4 is 17.3 Å². The van der Waals surface area contributed by atoms with Gasteiger partial charge in [-0.25, -0.2) is 0 Å². The highest BCUT2D eigenvalue weighted by molar-refractivity contribution is 7.80. The van der Waals surface area contributed by atoms with Crippen molar-refractivity contribution in [2.75, 3.05) is 26.3 Å². The molecule has 0 amide bonds. The summed E-state index contributed by atoms with van der Waals surface area (Å²) in [6, 6.07) is -0.347. The van der Waals surface area contributed by atoms with Crippen molar-refractivity contribution in [1.82, 2.24) is 10.2 Å². The van der Waals surface area contributed by atoms with Gasteiger partial charge in [-0.3, -0.25) is 0 Å². The molecular formula is C9H16N2O4S. The summed E-state index contributed by atoms with van der Waals surface area (Å²) in [5.41, 5.74) is 0. The van der Waals surface area contributed by atoms with Crippen LogP contribution in [0.25, 0.3) is 0 Å². The summed E-state index contributed by atoms with van der Waals surface area (Å²) in [5, 5.41) is 32.2. The van der Waals surface area contributed by atoms with Crippen LogP contribution in [0.1, 0.15) is 0 Å². The molecule has 2 fully saturated rings. The lowest BCUT2D eigenvalue weighted by atomic mass is 9.97. The van der Waals surface area contributed by atoms with E-state index in [1.165, 1.54) is 0 Å². The molecular weight excluding hydrogens is 232 g/mol. The Labute approximate surface area is 98.8 Å². The molecule has 3 unspecified atom stereocenters. The second-order valence-electron chi connectivity index (χ2n) is 4.03. The summed E-state index contributed by atoms with van der Waals surface area (Å²) in [6.45, 7) is 1.39. The summed E-state index contributed by atoms with van der Waals surface area (Å²) in [5.74, 6) is 0. The highest BCUT2D eigenvalue weighted by atomic mass is 32.1. The third kappa shape index (κ3) is 2.01. The number of rotatable bonds is 2. The maximum absolute atomic E-state index is 9.95. The highest BCUT2D eigenvalue weighted by Crippen LogP contribution is 2.20. The van der Waals surface area contributed by atoms with Crippen molar-refractivity contribution in [3.8, 4) is 0 Å².